The third-order valence-electron chi connectivity index (χ3n) is 2.21. The standard InChI is InChI=1S/C10H8ClFN2O2/c11-10-13-8-6(2-1-3-7(8)12)9(16)14(10)4-5-15/h1-3,15H,4-5H2. The maximum Gasteiger partial charge on any atom is 0.262 e. The summed E-state index contributed by atoms with van der Waals surface area (Å²) in [7, 11) is 0. The third-order valence-corrected chi connectivity index (χ3v) is 2.50. The van der Waals surface area contributed by atoms with Crippen LogP contribution in [0.15, 0.2) is 23.0 Å². The molecule has 1 heterocycles. The lowest BCUT2D eigenvalue weighted by Crippen LogP contribution is -2.24. The molecule has 0 spiro atoms. The summed E-state index contributed by atoms with van der Waals surface area (Å²) in [5.41, 5.74) is -0.504. The molecule has 0 saturated heterocycles. The zero-order valence-corrected chi connectivity index (χ0v) is 8.91. The minimum atomic E-state index is -0.590. The molecule has 84 valence electrons. The van der Waals surface area contributed by atoms with Gasteiger partial charge in [0.05, 0.1) is 18.5 Å². The summed E-state index contributed by atoms with van der Waals surface area (Å²) in [6.07, 6.45) is 0. The van der Waals surface area contributed by atoms with Gasteiger partial charge >= 0.3 is 0 Å². The lowest BCUT2D eigenvalue weighted by molar-refractivity contribution is 0.274. The van der Waals surface area contributed by atoms with Crippen molar-refractivity contribution in [2.24, 2.45) is 0 Å². The first-order chi connectivity index (χ1) is 7.65. The average Bonchev–Trinajstić information content (AvgIpc) is 2.26. The maximum atomic E-state index is 13.3. The molecule has 0 aliphatic heterocycles. The van der Waals surface area contributed by atoms with Crippen LogP contribution in [-0.4, -0.2) is 21.3 Å². The summed E-state index contributed by atoms with van der Waals surface area (Å²) in [5.74, 6) is -0.590. The number of aliphatic hydroxyl groups is 1. The Hall–Kier alpha value is -1.46. The average molecular weight is 243 g/mol. The minimum absolute atomic E-state index is 0.0388. The highest BCUT2D eigenvalue weighted by atomic mass is 35.5. The number of benzene rings is 1. The molecule has 0 amide bonds. The zero-order chi connectivity index (χ0) is 11.7. The lowest BCUT2D eigenvalue weighted by atomic mass is 10.2. The summed E-state index contributed by atoms with van der Waals surface area (Å²) in [6, 6.07) is 4.11. The summed E-state index contributed by atoms with van der Waals surface area (Å²) in [6.45, 7) is -0.195. The van der Waals surface area contributed by atoms with Gasteiger partial charge in [0, 0.05) is 0 Å². The van der Waals surface area contributed by atoms with E-state index >= 15 is 0 Å². The van der Waals surface area contributed by atoms with Crippen LogP contribution in [0.2, 0.25) is 5.28 Å². The molecule has 0 bridgehead atoms. The fraction of sp³-hybridized carbons (Fsp3) is 0.200. The van der Waals surface area contributed by atoms with E-state index in [-0.39, 0.29) is 29.3 Å². The first-order valence-electron chi connectivity index (χ1n) is 4.60. The Kier molecular flexibility index (Phi) is 2.89. The van der Waals surface area contributed by atoms with Crippen molar-refractivity contribution in [1.29, 1.82) is 0 Å². The van der Waals surface area contributed by atoms with Gasteiger partial charge in [-0.25, -0.2) is 9.37 Å². The number of fused-ring (bicyclic) bond motifs is 1. The van der Waals surface area contributed by atoms with Gasteiger partial charge in [0.25, 0.3) is 5.56 Å². The monoisotopic (exact) mass is 242 g/mol. The summed E-state index contributed by atoms with van der Waals surface area (Å²) in [5, 5.41) is 8.80. The quantitative estimate of drug-likeness (QED) is 0.805. The molecule has 0 aliphatic rings. The van der Waals surface area contributed by atoms with Crippen LogP contribution in [0.4, 0.5) is 4.39 Å². The fourth-order valence-corrected chi connectivity index (χ4v) is 1.72. The Morgan fingerprint density at radius 2 is 2.25 bits per heavy atom. The van der Waals surface area contributed by atoms with Crippen LogP contribution >= 0.6 is 11.6 Å². The summed E-state index contributed by atoms with van der Waals surface area (Å²) in [4.78, 5) is 15.6. The van der Waals surface area contributed by atoms with Crippen molar-refractivity contribution in [1.82, 2.24) is 9.55 Å². The van der Waals surface area contributed by atoms with Crippen LogP contribution < -0.4 is 5.56 Å². The lowest BCUT2D eigenvalue weighted by Gasteiger charge is -2.07. The number of aromatic nitrogens is 2. The maximum absolute atomic E-state index is 13.3. The number of hydrogen-bond acceptors (Lipinski definition) is 3. The van der Waals surface area contributed by atoms with Gasteiger partial charge in [-0.3, -0.25) is 9.36 Å². The van der Waals surface area contributed by atoms with E-state index in [2.05, 4.69) is 4.98 Å². The van der Waals surface area contributed by atoms with Crippen molar-refractivity contribution in [3.63, 3.8) is 0 Å². The van der Waals surface area contributed by atoms with E-state index in [0.717, 1.165) is 4.57 Å². The number of rotatable bonds is 2. The fourth-order valence-electron chi connectivity index (χ4n) is 1.48. The first-order valence-corrected chi connectivity index (χ1v) is 4.98. The molecule has 1 N–H and O–H groups in total. The van der Waals surface area contributed by atoms with Crippen LogP contribution in [0.25, 0.3) is 10.9 Å². The summed E-state index contributed by atoms with van der Waals surface area (Å²) >= 11 is 5.73. The predicted octanol–water partition coefficient (Wildman–Crippen LogP) is 1.18. The van der Waals surface area contributed by atoms with Crippen molar-refractivity contribution in [3.8, 4) is 0 Å². The van der Waals surface area contributed by atoms with Crippen LogP contribution in [0.5, 0.6) is 0 Å². The summed E-state index contributed by atoms with van der Waals surface area (Å²) < 4.78 is 14.4. The van der Waals surface area contributed by atoms with Crippen LogP contribution in [0.1, 0.15) is 0 Å². The van der Waals surface area contributed by atoms with Crippen LogP contribution in [0, 0.1) is 5.82 Å². The van der Waals surface area contributed by atoms with Crippen molar-refractivity contribution in [2.75, 3.05) is 6.61 Å². The van der Waals surface area contributed by atoms with Crippen molar-refractivity contribution in [3.05, 3.63) is 39.7 Å². The molecule has 0 saturated carbocycles. The SMILES string of the molecule is O=c1c2cccc(F)c2nc(Cl)n1CCO. The van der Waals surface area contributed by atoms with E-state index in [1.165, 1.54) is 18.2 Å². The highest BCUT2D eigenvalue weighted by Gasteiger charge is 2.11. The van der Waals surface area contributed by atoms with Gasteiger partial charge in [-0.05, 0) is 23.7 Å². The molecule has 1 aromatic carbocycles. The molecule has 16 heavy (non-hydrogen) atoms. The molecule has 0 unspecified atom stereocenters. The molecule has 2 rings (SSSR count). The topological polar surface area (TPSA) is 55.1 Å². The van der Waals surface area contributed by atoms with Crippen molar-refractivity contribution >= 4 is 22.5 Å². The second-order valence-electron chi connectivity index (χ2n) is 3.20. The van der Waals surface area contributed by atoms with E-state index in [0.29, 0.717) is 0 Å². The molecule has 0 fully saturated rings. The van der Waals surface area contributed by atoms with Crippen molar-refractivity contribution < 1.29 is 9.50 Å². The van der Waals surface area contributed by atoms with Gasteiger partial charge < -0.3 is 5.11 Å². The Balaban J connectivity index is 2.84. The first kappa shape index (κ1) is 11.0. The third kappa shape index (κ3) is 1.68. The van der Waals surface area contributed by atoms with Crippen LogP contribution in [-0.2, 0) is 6.54 Å². The number of para-hydroxylation sites is 1. The van der Waals surface area contributed by atoms with E-state index in [1.54, 1.807) is 0 Å². The molecule has 6 heteroatoms. The van der Waals surface area contributed by atoms with Gasteiger partial charge in [-0.1, -0.05) is 6.07 Å². The van der Waals surface area contributed by atoms with E-state index in [1.807, 2.05) is 0 Å². The van der Waals surface area contributed by atoms with Gasteiger partial charge in [0.15, 0.2) is 0 Å². The second kappa shape index (κ2) is 4.19. The van der Waals surface area contributed by atoms with Gasteiger partial charge in [0.1, 0.15) is 11.3 Å². The minimum Gasteiger partial charge on any atom is -0.395 e. The molecule has 0 radical (unpaired) electrons. The molecule has 4 nitrogen and oxygen atoms in total. The Morgan fingerprint density at radius 3 is 2.94 bits per heavy atom. The van der Waals surface area contributed by atoms with Gasteiger partial charge in [-0.2, -0.15) is 0 Å². The smallest absolute Gasteiger partial charge is 0.262 e. The Morgan fingerprint density at radius 1 is 1.50 bits per heavy atom. The molecular formula is C10H8ClFN2O2. The van der Waals surface area contributed by atoms with E-state index < -0.39 is 11.4 Å². The van der Waals surface area contributed by atoms with E-state index in [9.17, 15) is 9.18 Å². The van der Waals surface area contributed by atoms with E-state index in [4.69, 9.17) is 16.7 Å². The molecular weight excluding hydrogens is 235 g/mol. The predicted molar refractivity (Wildman–Crippen MR) is 58.1 cm³/mol. The van der Waals surface area contributed by atoms with Gasteiger partial charge in [0.2, 0.25) is 5.28 Å². The highest BCUT2D eigenvalue weighted by molar-refractivity contribution is 6.28. The Labute approximate surface area is 94.9 Å². The molecule has 0 atom stereocenters. The number of aliphatic hydroxyl groups excluding tert-OH is 1. The van der Waals surface area contributed by atoms with Crippen LogP contribution in [0.3, 0.4) is 0 Å². The number of hydrogen-bond donors (Lipinski definition) is 1. The molecule has 0 aliphatic carbocycles. The largest absolute Gasteiger partial charge is 0.395 e. The highest BCUT2D eigenvalue weighted by Crippen LogP contribution is 2.14. The molecule has 1 aromatic heterocycles. The number of nitrogens with zero attached hydrogens (tertiary/aromatic N) is 2. The normalized spacial score (nSPS) is 10.9. The Bertz CT molecular complexity index is 597. The van der Waals surface area contributed by atoms with Crippen molar-refractivity contribution in [2.45, 2.75) is 6.54 Å². The molecule has 2 aromatic rings. The number of halogens is 2. The van der Waals surface area contributed by atoms with Gasteiger partial charge in [-0.15, -0.1) is 0 Å². The second-order valence-corrected chi connectivity index (χ2v) is 3.54. The zero-order valence-electron chi connectivity index (χ0n) is 8.15.